The molecular formula is C42H45N11O6S. The van der Waals surface area contributed by atoms with Crippen molar-refractivity contribution in [2.24, 2.45) is 11.5 Å². The summed E-state index contributed by atoms with van der Waals surface area (Å²) in [6.07, 6.45) is 9.03. The Kier molecular flexibility index (Phi) is 11.1. The summed E-state index contributed by atoms with van der Waals surface area (Å²) in [5.74, 6) is 0.705. The number of nitrogens with zero attached hydrogens (tertiary/aromatic N) is 7. The highest BCUT2D eigenvalue weighted by Crippen LogP contribution is 2.46. The maximum absolute atomic E-state index is 13.7. The SMILES string of the molecule is CCc1nc(C)oc1C(=O)Nc1nc2cc(C(N)=O)cc(OCCCNC)c2n1C/C=C/Cn1c2nc(-c3sc(C)nc3C3CC3)ncc2c2cc(C(N)=O)cc(OC)c21. The number of aromatic nitrogens is 7. The zero-order chi connectivity index (χ0) is 42.2. The molecule has 17 nitrogen and oxygen atoms in total. The molecular weight excluding hydrogens is 787 g/mol. The molecule has 60 heavy (non-hydrogen) atoms. The van der Waals surface area contributed by atoms with Crippen molar-refractivity contribution in [1.29, 1.82) is 0 Å². The predicted octanol–water partition coefficient (Wildman–Crippen LogP) is 5.81. The quantitative estimate of drug-likeness (QED) is 0.0629. The fraction of sp³-hybridized carbons (Fsp3) is 0.333. The van der Waals surface area contributed by atoms with Crippen LogP contribution < -0.4 is 31.6 Å². The Bertz CT molecular complexity index is 2850. The first-order valence-electron chi connectivity index (χ1n) is 19.7. The third-order valence-electron chi connectivity index (χ3n) is 10.3. The molecule has 0 aliphatic heterocycles. The molecule has 2 aromatic carbocycles. The van der Waals surface area contributed by atoms with E-state index >= 15 is 0 Å². The smallest absolute Gasteiger partial charge is 0.295 e. The minimum Gasteiger partial charge on any atom is -0.495 e. The zero-order valence-corrected chi connectivity index (χ0v) is 34.7. The van der Waals surface area contributed by atoms with Gasteiger partial charge >= 0.3 is 0 Å². The monoisotopic (exact) mass is 831 g/mol. The minimum absolute atomic E-state index is 0.0874. The number of imidazole rings is 1. The van der Waals surface area contributed by atoms with Gasteiger partial charge in [0.2, 0.25) is 23.5 Å². The van der Waals surface area contributed by atoms with E-state index in [0.29, 0.717) is 101 Å². The van der Waals surface area contributed by atoms with Crippen molar-refractivity contribution < 1.29 is 28.3 Å². The van der Waals surface area contributed by atoms with E-state index in [1.807, 2.05) is 37.6 Å². The van der Waals surface area contributed by atoms with Gasteiger partial charge in [-0.3, -0.25) is 19.7 Å². The molecule has 3 amide bonds. The number of hydrogen-bond donors (Lipinski definition) is 4. The highest BCUT2D eigenvalue weighted by Gasteiger charge is 2.31. The number of rotatable bonds is 17. The third kappa shape index (κ3) is 7.66. The molecule has 18 heteroatoms. The number of aryl methyl sites for hydroxylation is 3. The Morgan fingerprint density at radius 3 is 2.38 bits per heavy atom. The van der Waals surface area contributed by atoms with E-state index in [1.54, 1.807) is 60.4 Å². The number of methoxy groups -OCH3 is 1. The summed E-state index contributed by atoms with van der Waals surface area (Å²) in [5, 5.41) is 8.41. The number of thiazole rings is 1. The lowest BCUT2D eigenvalue weighted by Gasteiger charge is -2.13. The summed E-state index contributed by atoms with van der Waals surface area (Å²) in [5.41, 5.74) is 15.8. The summed E-state index contributed by atoms with van der Waals surface area (Å²) in [4.78, 5) is 63.4. The molecule has 8 rings (SSSR count). The minimum atomic E-state index is -0.646. The van der Waals surface area contributed by atoms with Gasteiger partial charge in [-0.05, 0) is 70.5 Å². The molecule has 1 aliphatic carbocycles. The molecule has 310 valence electrons. The third-order valence-corrected chi connectivity index (χ3v) is 11.3. The van der Waals surface area contributed by atoms with Crippen molar-refractivity contribution >= 4 is 68.0 Å². The number of nitrogens with two attached hydrogens (primary N) is 2. The van der Waals surface area contributed by atoms with Gasteiger partial charge in [-0.2, -0.15) is 0 Å². The van der Waals surface area contributed by atoms with E-state index in [-0.39, 0.29) is 23.8 Å². The van der Waals surface area contributed by atoms with Crippen LogP contribution in [-0.2, 0) is 19.5 Å². The summed E-state index contributed by atoms with van der Waals surface area (Å²) < 4.78 is 21.6. The average molecular weight is 832 g/mol. The molecule has 0 saturated heterocycles. The van der Waals surface area contributed by atoms with Gasteiger partial charge in [-0.1, -0.05) is 19.1 Å². The van der Waals surface area contributed by atoms with Crippen LogP contribution in [0.25, 0.3) is 43.7 Å². The molecule has 1 fully saturated rings. The summed E-state index contributed by atoms with van der Waals surface area (Å²) in [6, 6.07) is 6.53. The lowest BCUT2D eigenvalue weighted by atomic mass is 10.1. The second-order valence-electron chi connectivity index (χ2n) is 14.5. The van der Waals surface area contributed by atoms with E-state index in [0.717, 1.165) is 33.8 Å². The average Bonchev–Trinajstić information content (AvgIpc) is 3.59. The van der Waals surface area contributed by atoms with Gasteiger partial charge < -0.3 is 39.8 Å². The van der Waals surface area contributed by atoms with Crippen LogP contribution in [0.2, 0.25) is 0 Å². The lowest BCUT2D eigenvalue weighted by Crippen LogP contribution is -2.17. The van der Waals surface area contributed by atoms with Gasteiger partial charge in [0.15, 0.2) is 11.7 Å². The number of nitrogens with one attached hydrogen (secondary N) is 2. The number of primary amides is 2. The molecule has 6 N–H and O–H groups in total. The van der Waals surface area contributed by atoms with Crippen molar-refractivity contribution in [1.82, 2.24) is 39.4 Å². The molecule has 5 heterocycles. The highest BCUT2D eigenvalue weighted by molar-refractivity contribution is 7.15. The molecule has 0 unspecified atom stereocenters. The highest BCUT2D eigenvalue weighted by atomic mass is 32.1. The molecule has 1 aliphatic rings. The van der Waals surface area contributed by atoms with Crippen LogP contribution >= 0.6 is 11.3 Å². The van der Waals surface area contributed by atoms with E-state index in [4.69, 9.17) is 45.3 Å². The molecule has 0 radical (unpaired) electrons. The largest absolute Gasteiger partial charge is 0.495 e. The zero-order valence-electron chi connectivity index (χ0n) is 33.9. The number of carbonyl (C=O) groups excluding carboxylic acids is 3. The summed E-state index contributed by atoms with van der Waals surface area (Å²) >= 11 is 1.58. The van der Waals surface area contributed by atoms with E-state index in [2.05, 4.69) is 15.6 Å². The number of benzene rings is 2. The number of ether oxygens (including phenoxy) is 2. The fourth-order valence-corrected chi connectivity index (χ4v) is 8.33. The van der Waals surface area contributed by atoms with Gasteiger partial charge in [-0.25, -0.2) is 24.9 Å². The summed E-state index contributed by atoms with van der Waals surface area (Å²) in [7, 11) is 3.40. The number of carbonyl (C=O) groups is 3. The van der Waals surface area contributed by atoms with E-state index in [1.165, 1.54) is 0 Å². The summed E-state index contributed by atoms with van der Waals surface area (Å²) in [6.45, 7) is 7.16. The van der Waals surface area contributed by atoms with Gasteiger partial charge in [0.05, 0.1) is 46.0 Å². The Hall–Kier alpha value is -6.66. The number of fused-ring (bicyclic) bond motifs is 4. The van der Waals surface area contributed by atoms with Crippen LogP contribution in [0.15, 0.2) is 47.0 Å². The maximum atomic E-state index is 13.7. The van der Waals surface area contributed by atoms with Gasteiger partial charge in [-0.15, -0.1) is 11.3 Å². The molecule has 5 aromatic heterocycles. The van der Waals surface area contributed by atoms with Gasteiger partial charge in [0, 0.05) is 54.0 Å². The van der Waals surface area contributed by atoms with Crippen LogP contribution in [-0.4, -0.2) is 79.1 Å². The molecule has 0 bridgehead atoms. The predicted molar refractivity (Wildman–Crippen MR) is 228 cm³/mol. The van der Waals surface area contributed by atoms with Crippen molar-refractivity contribution in [3.8, 4) is 22.2 Å². The normalized spacial score (nSPS) is 12.9. The van der Waals surface area contributed by atoms with Crippen molar-refractivity contribution in [3.63, 3.8) is 0 Å². The number of anilines is 1. The Balaban J connectivity index is 1.22. The molecule has 0 atom stereocenters. The maximum Gasteiger partial charge on any atom is 0.295 e. The van der Waals surface area contributed by atoms with Crippen LogP contribution in [0, 0.1) is 13.8 Å². The number of allylic oxidation sites excluding steroid dienone is 2. The van der Waals surface area contributed by atoms with Crippen molar-refractivity contribution in [2.75, 3.05) is 32.6 Å². The first kappa shape index (κ1) is 40.1. The fourth-order valence-electron chi connectivity index (χ4n) is 7.38. The van der Waals surface area contributed by atoms with E-state index < -0.39 is 17.7 Å². The first-order chi connectivity index (χ1) is 29.0. The Labute approximate surface area is 348 Å². The van der Waals surface area contributed by atoms with Crippen LogP contribution in [0.3, 0.4) is 0 Å². The van der Waals surface area contributed by atoms with Gasteiger partial charge in [0.1, 0.15) is 22.7 Å². The molecule has 0 spiro atoms. The molecule has 1 saturated carbocycles. The van der Waals surface area contributed by atoms with Crippen molar-refractivity contribution in [3.05, 3.63) is 81.8 Å². The second kappa shape index (κ2) is 16.5. The van der Waals surface area contributed by atoms with Crippen LogP contribution in [0.1, 0.15) is 85.7 Å². The molecule has 7 aromatic rings. The topological polar surface area (TPSA) is 233 Å². The number of hydrogen-bond acceptors (Lipinski definition) is 13. The van der Waals surface area contributed by atoms with Crippen LogP contribution in [0.5, 0.6) is 11.5 Å². The number of amides is 3. The van der Waals surface area contributed by atoms with Gasteiger partial charge in [0.25, 0.3) is 5.91 Å². The first-order valence-corrected chi connectivity index (χ1v) is 20.5. The van der Waals surface area contributed by atoms with Crippen LogP contribution in [0.4, 0.5) is 5.95 Å². The number of oxazole rings is 1. The Morgan fingerprint density at radius 2 is 1.68 bits per heavy atom. The standard InChI is InChI=1S/C42H45N11O6S/c1-6-28-35(59-21(2)47-28)41(56)51-42-49-29-17-25(38(44)55)19-31(58-15-9-12-45-4)34(29)53(42)14-8-7-13-52-33-26(16-24(37(43)54)18-30(33)57-5)27-20-46-39(50-40(27)52)36-32(23-10-11-23)48-22(3)60-36/h7-8,16-20,23,45H,6,9-15H2,1-5H3,(H2,43,54)(H2,44,55)(H,49,51,56)/b8-7+. The lowest BCUT2D eigenvalue weighted by molar-refractivity contribution is 0.0987. The van der Waals surface area contributed by atoms with E-state index in [9.17, 15) is 14.4 Å². The van der Waals surface area contributed by atoms with Crippen molar-refractivity contribution in [2.45, 2.75) is 65.5 Å². The Morgan fingerprint density at radius 1 is 0.950 bits per heavy atom. The second-order valence-corrected chi connectivity index (χ2v) is 15.8.